The highest BCUT2D eigenvalue weighted by Gasteiger charge is 2.05. The van der Waals surface area contributed by atoms with E-state index >= 15 is 0 Å². The number of carbonyl (C=O) groups excluding carboxylic acids is 1. The Hall–Kier alpha value is -3.18. The van der Waals surface area contributed by atoms with Gasteiger partial charge in [-0.2, -0.15) is 0 Å². The van der Waals surface area contributed by atoms with E-state index in [-0.39, 0.29) is 11.7 Å². The molecule has 0 aliphatic carbocycles. The van der Waals surface area contributed by atoms with Crippen molar-refractivity contribution in [3.8, 4) is 0 Å². The lowest BCUT2D eigenvalue weighted by Crippen LogP contribution is -2.29. The summed E-state index contributed by atoms with van der Waals surface area (Å²) in [5, 5.41) is 3.37. The zero-order valence-corrected chi connectivity index (χ0v) is 14.2. The molecule has 4 nitrogen and oxygen atoms in total. The molecular formula is C21H20FN3O. The summed E-state index contributed by atoms with van der Waals surface area (Å²) in [7, 11) is 0. The van der Waals surface area contributed by atoms with Gasteiger partial charge in [-0.1, -0.05) is 42.5 Å². The number of nitrogens with one attached hydrogen (secondary N) is 3. The predicted molar refractivity (Wildman–Crippen MR) is 101 cm³/mol. The van der Waals surface area contributed by atoms with Crippen LogP contribution in [-0.2, 0) is 13.1 Å². The summed E-state index contributed by atoms with van der Waals surface area (Å²) in [5.74, 6) is -0.573. The molecular weight excluding hydrogens is 329 g/mol. The van der Waals surface area contributed by atoms with Crippen LogP contribution in [0.25, 0.3) is 0 Å². The van der Waals surface area contributed by atoms with Crippen molar-refractivity contribution in [2.24, 2.45) is 0 Å². The Morgan fingerprint density at radius 3 is 2.04 bits per heavy atom. The summed E-state index contributed by atoms with van der Waals surface area (Å²) in [5.41, 5.74) is 8.84. The van der Waals surface area contributed by atoms with Crippen LogP contribution in [0.1, 0.15) is 21.5 Å². The molecule has 0 unspecified atom stereocenters. The van der Waals surface area contributed by atoms with E-state index < -0.39 is 0 Å². The summed E-state index contributed by atoms with van der Waals surface area (Å²) in [4.78, 5) is 12.1. The Labute approximate surface area is 152 Å². The molecule has 3 rings (SSSR count). The van der Waals surface area contributed by atoms with Crippen LogP contribution in [0.5, 0.6) is 0 Å². The van der Waals surface area contributed by atoms with Crippen LogP contribution < -0.4 is 16.2 Å². The largest absolute Gasteiger partial charge is 0.309 e. The molecule has 0 fully saturated rings. The van der Waals surface area contributed by atoms with Crippen LogP contribution in [0.15, 0.2) is 78.9 Å². The molecule has 3 aromatic rings. The highest BCUT2D eigenvalue weighted by molar-refractivity contribution is 5.94. The van der Waals surface area contributed by atoms with Gasteiger partial charge < -0.3 is 5.32 Å². The van der Waals surface area contributed by atoms with E-state index in [4.69, 9.17) is 0 Å². The van der Waals surface area contributed by atoms with Gasteiger partial charge in [0, 0.05) is 18.7 Å². The number of benzene rings is 3. The fourth-order valence-electron chi connectivity index (χ4n) is 2.46. The van der Waals surface area contributed by atoms with Crippen molar-refractivity contribution in [1.82, 2.24) is 10.7 Å². The highest BCUT2D eigenvalue weighted by atomic mass is 19.1. The number of anilines is 1. The van der Waals surface area contributed by atoms with Gasteiger partial charge in [-0.15, -0.1) is 0 Å². The Morgan fingerprint density at radius 2 is 1.38 bits per heavy atom. The third-order valence-corrected chi connectivity index (χ3v) is 3.88. The number of hydrogen-bond donors (Lipinski definition) is 3. The van der Waals surface area contributed by atoms with Crippen LogP contribution in [0.3, 0.4) is 0 Å². The molecule has 1 amide bonds. The molecule has 0 aliphatic heterocycles. The van der Waals surface area contributed by atoms with E-state index in [1.807, 2.05) is 30.3 Å². The summed E-state index contributed by atoms with van der Waals surface area (Å²) in [6.07, 6.45) is 0. The Kier molecular flexibility index (Phi) is 5.96. The van der Waals surface area contributed by atoms with Gasteiger partial charge in [0.25, 0.3) is 5.91 Å². The first kappa shape index (κ1) is 17.6. The molecule has 3 aromatic carbocycles. The number of rotatable bonds is 7. The monoisotopic (exact) mass is 349 g/mol. The van der Waals surface area contributed by atoms with Gasteiger partial charge in [0.2, 0.25) is 0 Å². The third kappa shape index (κ3) is 5.16. The van der Waals surface area contributed by atoms with E-state index in [9.17, 15) is 9.18 Å². The second-order valence-corrected chi connectivity index (χ2v) is 5.87. The molecule has 0 atom stereocenters. The summed E-state index contributed by atoms with van der Waals surface area (Å²) in [6.45, 7) is 1.52. The van der Waals surface area contributed by atoms with Gasteiger partial charge in [-0.05, 0) is 47.5 Å². The minimum atomic E-state index is -0.321. The molecule has 0 saturated heterocycles. The molecule has 0 aliphatic rings. The SMILES string of the molecule is O=C(NNc1ccc(F)cc1)c1ccc(CNCc2ccccc2)cc1. The third-order valence-electron chi connectivity index (χ3n) is 3.88. The molecule has 0 spiro atoms. The summed E-state index contributed by atoms with van der Waals surface area (Å²) in [6, 6.07) is 23.3. The maximum atomic E-state index is 12.9. The quantitative estimate of drug-likeness (QED) is 0.568. The molecule has 0 saturated carbocycles. The lowest BCUT2D eigenvalue weighted by atomic mass is 10.1. The standard InChI is InChI=1S/C21H20FN3O/c22-19-10-12-20(13-11-19)24-25-21(26)18-8-6-17(7-9-18)15-23-14-16-4-2-1-3-5-16/h1-13,23-24H,14-15H2,(H,25,26). The molecule has 3 N–H and O–H groups in total. The Bertz CT molecular complexity index is 833. The zero-order valence-electron chi connectivity index (χ0n) is 14.2. The van der Waals surface area contributed by atoms with Crippen LogP contribution in [0, 0.1) is 5.82 Å². The van der Waals surface area contributed by atoms with Gasteiger partial charge in [-0.3, -0.25) is 15.6 Å². The molecule has 26 heavy (non-hydrogen) atoms. The molecule has 0 bridgehead atoms. The van der Waals surface area contributed by atoms with Gasteiger partial charge in [0.05, 0.1) is 5.69 Å². The maximum absolute atomic E-state index is 12.9. The van der Waals surface area contributed by atoms with E-state index in [0.29, 0.717) is 11.3 Å². The Morgan fingerprint density at radius 1 is 0.769 bits per heavy atom. The van der Waals surface area contributed by atoms with E-state index in [0.717, 1.165) is 18.7 Å². The van der Waals surface area contributed by atoms with Gasteiger partial charge in [0.1, 0.15) is 5.82 Å². The number of halogens is 1. The molecule has 0 heterocycles. The van der Waals surface area contributed by atoms with Crippen LogP contribution >= 0.6 is 0 Å². The molecule has 5 heteroatoms. The fourth-order valence-corrected chi connectivity index (χ4v) is 2.46. The van der Waals surface area contributed by atoms with Gasteiger partial charge in [-0.25, -0.2) is 4.39 Å². The average Bonchev–Trinajstić information content (AvgIpc) is 2.69. The highest BCUT2D eigenvalue weighted by Crippen LogP contribution is 2.08. The molecule has 0 aromatic heterocycles. The number of hydrazine groups is 1. The topological polar surface area (TPSA) is 53.2 Å². The van der Waals surface area contributed by atoms with Crippen molar-refractivity contribution in [1.29, 1.82) is 0 Å². The summed E-state index contributed by atoms with van der Waals surface area (Å²) >= 11 is 0. The van der Waals surface area contributed by atoms with Crippen LogP contribution in [-0.4, -0.2) is 5.91 Å². The van der Waals surface area contributed by atoms with Crippen molar-refractivity contribution in [3.05, 3.63) is 101 Å². The average molecular weight is 349 g/mol. The van der Waals surface area contributed by atoms with Crippen molar-refractivity contribution in [2.45, 2.75) is 13.1 Å². The smallest absolute Gasteiger partial charge is 0.269 e. The van der Waals surface area contributed by atoms with E-state index in [1.54, 1.807) is 24.3 Å². The van der Waals surface area contributed by atoms with Crippen LogP contribution in [0.2, 0.25) is 0 Å². The first-order valence-electron chi connectivity index (χ1n) is 8.36. The van der Waals surface area contributed by atoms with Crippen molar-refractivity contribution < 1.29 is 9.18 Å². The van der Waals surface area contributed by atoms with Gasteiger partial charge >= 0.3 is 0 Å². The first-order valence-corrected chi connectivity index (χ1v) is 8.36. The first-order chi connectivity index (χ1) is 12.7. The van der Waals surface area contributed by atoms with Crippen molar-refractivity contribution in [3.63, 3.8) is 0 Å². The second-order valence-electron chi connectivity index (χ2n) is 5.87. The number of hydrogen-bond acceptors (Lipinski definition) is 3. The summed E-state index contributed by atoms with van der Waals surface area (Å²) < 4.78 is 12.9. The second kappa shape index (κ2) is 8.78. The van der Waals surface area contributed by atoms with Crippen molar-refractivity contribution in [2.75, 3.05) is 5.43 Å². The number of amides is 1. The number of carbonyl (C=O) groups is 1. The zero-order chi connectivity index (χ0) is 18.2. The van der Waals surface area contributed by atoms with E-state index in [1.165, 1.54) is 17.7 Å². The molecule has 132 valence electrons. The molecule has 0 radical (unpaired) electrons. The lowest BCUT2D eigenvalue weighted by Gasteiger charge is -2.09. The normalized spacial score (nSPS) is 10.3. The van der Waals surface area contributed by atoms with E-state index in [2.05, 4.69) is 28.3 Å². The minimum Gasteiger partial charge on any atom is -0.309 e. The van der Waals surface area contributed by atoms with Crippen LogP contribution in [0.4, 0.5) is 10.1 Å². The van der Waals surface area contributed by atoms with Gasteiger partial charge in [0.15, 0.2) is 0 Å². The Balaban J connectivity index is 1.47. The fraction of sp³-hybridized carbons (Fsp3) is 0.0952. The van der Waals surface area contributed by atoms with Crippen molar-refractivity contribution >= 4 is 11.6 Å². The maximum Gasteiger partial charge on any atom is 0.269 e. The lowest BCUT2D eigenvalue weighted by molar-refractivity contribution is 0.0962. The predicted octanol–water partition coefficient (Wildman–Crippen LogP) is 3.87. The minimum absolute atomic E-state index is 0.252.